The molecule has 3 heteroatoms. The lowest BCUT2D eigenvalue weighted by Gasteiger charge is -2.21. The molecule has 0 atom stereocenters. The van der Waals surface area contributed by atoms with Crippen LogP contribution >= 0.6 is 0 Å². The number of aromatic amines is 1. The normalized spacial score (nSPS) is 15.4. The molecule has 1 aliphatic rings. The van der Waals surface area contributed by atoms with Gasteiger partial charge in [0.25, 0.3) is 0 Å². The largest absolute Gasteiger partial charge is 0.465 e. The summed E-state index contributed by atoms with van der Waals surface area (Å²) in [5.41, 5.74) is 3.04. The van der Waals surface area contributed by atoms with E-state index in [1.807, 2.05) is 32.0 Å². The number of esters is 1. The summed E-state index contributed by atoms with van der Waals surface area (Å²) in [4.78, 5) is 14.8. The number of benzene rings is 1. The van der Waals surface area contributed by atoms with Crippen LogP contribution in [-0.2, 0) is 4.74 Å². The number of carbonyl (C=O) groups is 1. The van der Waals surface area contributed by atoms with Crippen molar-refractivity contribution in [1.29, 1.82) is 0 Å². The Balaban J connectivity index is 0.000000774. The number of hydrogen-bond acceptors (Lipinski definition) is 2. The van der Waals surface area contributed by atoms with Gasteiger partial charge in [0.05, 0.1) is 12.7 Å². The zero-order valence-electron chi connectivity index (χ0n) is 13.2. The SMILES string of the molecule is CC.COC(=O)c1ccc2c(C3CCCCC3)c[nH]c2c1. The molecule has 21 heavy (non-hydrogen) atoms. The minimum Gasteiger partial charge on any atom is -0.465 e. The highest BCUT2D eigenvalue weighted by Gasteiger charge is 2.19. The van der Waals surface area contributed by atoms with Gasteiger partial charge in [0.15, 0.2) is 0 Å². The van der Waals surface area contributed by atoms with Crippen molar-refractivity contribution in [1.82, 2.24) is 4.98 Å². The Kier molecular flexibility index (Phi) is 5.43. The number of nitrogens with one attached hydrogen (secondary N) is 1. The molecule has 1 fully saturated rings. The van der Waals surface area contributed by atoms with Crippen LogP contribution < -0.4 is 0 Å². The van der Waals surface area contributed by atoms with E-state index in [9.17, 15) is 4.79 Å². The summed E-state index contributed by atoms with van der Waals surface area (Å²) in [6, 6.07) is 5.78. The third kappa shape index (κ3) is 3.29. The molecule has 114 valence electrons. The van der Waals surface area contributed by atoms with Gasteiger partial charge in [0.1, 0.15) is 0 Å². The Bertz CT molecular complexity index is 594. The van der Waals surface area contributed by atoms with Crippen molar-refractivity contribution in [3.63, 3.8) is 0 Å². The van der Waals surface area contributed by atoms with Crippen LogP contribution in [-0.4, -0.2) is 18.1 Å². The smallest absolute Gasteiger partial charge is 0.337 e. The number of methoxy groups -OCH3 is 1. The predicted octanol–water partition coefficient (Wildman–Crippen LogP) is 5.03. The average molecular weight is 287 g/mol. The Morgan fingerprint density at radius 2 is 1.90 bits per heavy atom. The van der Waals surface area contributed by atoms with Crippen LogP contribution in [0.4, 0.5) is 0 Å². The predicted molar refractivity (Wildman–Crippen MR) is 86.8 cm³/mol. The second-order valence-electron chi connectivity index (χ2n) is 5.33. The van der Waals surface area contributed by atoms with E-state index >= 15 is 0 Å². The third-order valence-electron chi connectivity index (χ3n) is 4.18. The Morgan fingerprint density at radius 3 is 2.57 bits per heavy atom. The van der Waals surface area contributed by atoms with Crippen molar-refractivity contribution in [2.75, 3.05) is 7.11 Å². The summed E-state index contributed by atoms with van der Waals surface area (Å²) in [6.07, 6.45) is 8.71. The second-order valence-corrected chi connectivity index (χ2v) is 5.33. The third-order valence-corrected chi connectivity index (χ3v) is 4.18. The zero-order valence-corrected chi connectivity index (χ0v) is 13.2. The Hall–Kier alpha value is -1.77. The van der Waals surface area contributed by atoms with E-state index in [1.54, 1.807) is 0 Å². The molecule has 1 aromatic carbocycles. The molecule has 3 nitrogen and oxygen atoms in total. The monoisotopic (exact) mass is 287 g/mol. The molecule has 1 aliphatic carbocycles. The van der Waals surface area contributed by atoms with E-state index in [4.69, 9.17) is 4.74 Å². The summed E-state index contributed by atoms with van der Waals surface area (Å²) in [5.74, 6) is 0.391. The lowest BCUT2D eigenvalue weighted by atomic mass is 9.84. The van der Waals surface area contributed by atoms with E-state index in [1.165, 1.54) is 50.2 Å². The highest BCUT2D eigenvalue weighted by atomic mass is 16.5. The van der Waals surface area contributed by atoms with Crippen molar-refractivity contribution >= 4 is 16.9 Å². The maximum atomic E-state index is 11.5. The van der Waals surface area contributed by atoms with Crippen LogP contribution in [0.5, 0.6) is 0 Å². The number of H-pyrrole nitrogens is 1. The van der Waals surface area contributed by atoms with Gasteiger partial charge in [-0.2, -0.15) is 0 Å². The van der Waals surface area contributed by atoms with Crippen LogP contribution in [0.2, 0.25) is 0 Å². The summed E-state index contributed by atoms with van der Waals surface area (Å²) >= 11 is 0. The fourth-order valence-electron chi connectivity index (χ4n) is 3.14. The van der Waals surface area contributed by atoms with Crippen molar-refractivity contribution < 1.29 is 9.53 Å². The summed E-state index contributed by atoms with van der Waals surface area (Å²) in [7, 11) is 1.41. The molecule has 1 saturated carbocycles. The number of carbonyl (C=O) groups excluding carboxylic acids is 1. The molecule has 0 aliphatic heterocycles. The molecule has 0 unspecified atom stereocenters. The maximum absolute atomic E-state index is 11.5. The topological polar surface area (TPSA) is 42.1 Å². The molecule has 0 bridgehead atoms. The fraction of sp³-hybridized carbons (Fsp3) is 0.500. The standard InChI is InChI=1S/C16H19NO2.C2H6/c1-19-16(18)12-7-8-13-14(10-17-15(13)9-12)11-5-3-2-4-6-11;1-2/h7-11,17H,2-6H2,1H3;1-2H3. The molecule has 0 saturated heterocycles. The van der Waals surface area contributed by atoms with Gasteiger partial charge in [-0.25, -0.2) is 4.79 Å². The number of fused-ring (bicyclic) bond motifs is 1. The molecule has 0 radical (unpaired) electrons. The second kappa shape index (κ2) is 7.30. The Morgan fingerprint density at radius 1 is 1.19 bits per heavy atom. The minimum absolute atomic E-state index is 0.282. The fourth-order valence-corrected chi connectivity index (χ4v) is 3.14. The Labute approximate surface area is 126 Å². The van der Waals surface area contributed by atoms with Crippen LogP contribution in [0.15, 0.2) is 24.4 Å². The summed E-state index contributed by atoms with van der Waals surface area (Å²) < 4.78 is 4.76. The van der Waals surface area contributed by atoms with Crippen molar-refractivity contribution in [3.8, 4) is 0 Å². The van der Waals surface area contributed by atoms with Gasteiger partial charge >= 0.3 is 5.97 Å². The molecular weight excluding hydrogens is 262 g/mol. The van der Waals surface area contributed by atoms with E-state index < -0.39 is 0 Å². The van der Waals surface area contributed by atoms with E-state index in [2.05, 4.69) is 11.2 Å². The highest BCUT2D eigenvalue weighted by Crippen LogP contribution is 2.36. The van der Waals surface area contributed by atoms with Gasteiger partial charge in [-0.15, -0.1) is 0 Å². The number of rotatable bonds is 2. The van der Waals surface area contributed by atoms with E-state index in [0.717, 1.165) is 5.52 Å². The first-order valence-electron chi connectivity index (χ1n) is 7.99. The van der Waals surface area contributed by atoms with Crippen LogP contribution in [0.3, 0.4) is 0 Å². The number of ether oxygens (including phenoxy) is 1. The highest BCUT2D eigenvalue weighted by molar-refractivity contribution is 5.95. The maximum Gasteiger partial charge on any atom is 0.337 e. The van der Waals surface area contributed by atoms with Crippen molar-refractivity contribution in [2.24, 2.45) is 0 Å². The van der Waals surface area contributed by atoms with Gasteiger partial charge in [0.2, 0.25) is 0 Å². The van der Waals surface area contributed by atoms with E-state index in [-0.39, 0.29) is 5.97 Å². The lowest BCUT2D eigenvalue weighted by molar-refractivity contribution is 0.0601. The van der Waals surface area contributed by atoms with Crippen molar-refractivity contribution in [3.05, 3.63) is 35.5 Å². The quantitative estimate of drug-likeness (QED) is 0.787. The molecule has 0 amide bonds. The zero-order chi connectivity index (χ0) is 15.2. The number of aromatic nitrogens is 1. The van der Waals surface area contributed by atoms with Gasteiger partial charge in [0, 0.05) is 17.1 Å². The van der Waals surface area contributed by atoms with Gasteiger partial charge in [-0.1, -0.05) is 39.2 Å². The molecule has 1 N–H and O–H groups in total. The average Bonchev–Trinajstić information content (AvgIpc) is 3.00. The van der Waals surface area contributed by atoms with Gasteiger partial charge in [-0.3, -0.25) is 0 Å². The molecule has 3 rings (SSSR count). The van der Waals surface area contributed by atoms with Crippen LogP contribution in [0.1, 0.15) is 67.8 Å². The molecule has 1 heterocycles. The van der Waals surface area contributed by atoms with Gasteiger partial charge < -0.3 is 9.72 Å². The van der Waals surface area contributed by atoms with Crippen LogP contribution in [0, 0.1) is 0 Å². The first-order chi connectivity index (χ1) is 10.3. The molecule has 0 spiro atoms. The first-order valence-corrected chi connectivity index (χ1v) is 7.99. The lowest BCUT2D eigenvalue weighted by Crippen LogP contribution is -2.04. The number of hydrogen-bond donors (Lipinski definition) is 1. The van der Waals surface area contributed by atoms with Crippen molar-refractivity contribution in [2.45, 2.75) is 51.9 Å². The van der Waals surface area contributed by atoms with Gasteiger partial charge in [-0.05, 0) is 36.5 Å². The van der Waals surface area contributed by atoms with Crippen LogP contribution in [0.25, 0.3) is 10.9 Å². The summed E-state index contributed by atoms with van der Waals surface area (Å²) in [5, 5.41) is 1.25. The first kappa shape index (κ1) is 15.6. The summed E-state index contributed by atoms with van der Waals surface area (Å²) in [6.45, 7) is 4.00. The van der Waals surface area contributed by atoms with E-state index in [0.29, 0.717) is 11.5 Å². The molecule has 2 aromatic rings. The minimum atomic E-state index is -0.282. The molecular formula is C18H25NO2. The molecule has 1 aromatic heterocycles.